The SMILES string of the molecule is CN(C(=O)CCNCCCNCCN)C1CN=C(NC(N)=O)NC1=O. The van der Waals surface area contributed by atoms with Crippen molar-refractivity contribution in [3.8, 4) is 0 Å². The van der Waals surface area contributed by atoms with Gasteiger partial charge in [-0.25, -0.2) is 9.79 Å². The van der Waals surface area contributed by atoms with Crippen LogP contribution >= 0.6 is 0 Å². The van der Waals surface area contributed by atoms with Gasteiger partial charge in [-0.1, -0.05) is 0 Å². The number of aliphatic imine (C=N–C) groups is 1. The summed E-state index contributed by atoms with van der Waals surface area (Å²) in [7, 11) is 1.56. The first-order valence-corrected chi connectivity index (χ1v) is 8.24. The zero-order chi connectivity index (χ0) is 18.7. The van der Waals surface area contributed by atoms with Crippen molar-refractivity contribution in [3.05, 3.63) is 0 Å². The second-order valence-electron chi connectivity index (χ2n) is 5.58. The maximum absolute atomic E-state index is 12.2. The van der Waals surface area contributed by atoms with E-state index in [0.717, 1.165) is 26.1 Å². The van der Waals surface area contributed by atoms with Crippen LogP contribution in [0.15, 0.2) is 4.99 Å². The van der Waals surface area contributed by atoms with E-state index < -0.39 is 18.0 Å². The molecule has 0 aromatic heterocycles. The average Bonchev–Trinajstić information content (AvgIpc) is 2.56. The van der Waals surface area contributed by atoms with Crippen LogP contribution in [0.3, 0.4) is 0 Å². The van der Waals surface area contributed by atoms with Gasteiger partial charge in [-0.3, -0.25) is 20.2 Å². The van der Waals surface area contributed by atoms with E-state index in [9.17, 15) is 14.4 Å². The Kier molecular flexibility index (Phi) is 9.43. The average molecular weight is 356 g/mol. The van der Waals surface area contributed by atoms with Gasteiger partial charge in [0, 0.05) is 33.1 Å². The van der Waals surface area contributed by atoms with E-state index in [-0.39, 0.29) is 24.8 Å². The summed E-state index contributed by atoms with van der Waals surface area (Å²) in [5.74, 6) is -0.566. The largest absolute Gasteiger partial charge is 0.351 e. The fourth-order valence-corrected chi connectivity index (χ4v) is 2.22. The maximum atomic E-state index is 12.2. The molecular weight excluding hydrogens is 328 g/mol. The molecule has 1 atom stereocenters. The lowest BCUT2D eigenvalue weighted by atomic mass is 10.2. The zero-order valence-electron chi connectivity index (χ0n) is 14.5. The van der Waals surface area contributed by atoms with Crippen LogP contribution < -0.4 is 32.7 Å². The number of primary amides is 1. The molecule has 1 rings (SSSR count). The van der Waals surface area contributed by atoms with Gasteiger partial charge in [0.25, 0.3) is 5.91 Å². The molecule has 0 aliphatic carbocycles. The summed E-state index contributed by atoms with van der Waals surface area (Å²) < 4.78 is 0. The number of urea groups is 1. The monoisotopic (exact) mass is 356 g/mol. The molecule has 1 aliphatic rings. The molecule has 0 saturated heterocycles. The molecule has 1 heterocycles. The van der Waals surface area contributed by atoms with Gasteiger partial charge < -0.3 is 27.0 Å². The number of carbonyl (C=O) groups excluding carboxylic acids is 3. The summed E-state index contributed by atoms with van der Waals surface area (Å²) in [4.78, 5) is 40.3. The van der Waals surface area contributed by atoms with Crippen molar-refractivity contribution in [2.45, 2.75) is 18.9 Å². The second-order valence-corrected chi connectivity index (χ2v) is 5.58. The molecule has 0 fully saturated rings. The molecule has 1 unspecified atom stereocenters. The third-order valence-corrected chi connectivity index (χ3v) is 3.61. The Balaban J connectivity index is 2.26. The minimum atomic E-state index is -0.814. The number of nitrogens with one attached hydrogen (secondary N) is 4. The molecule has 11 heteroatoms. The summed E-state index contributed by atoms with van der Waals surface area (Å²) in [6.07, 6.45) is 1.23. The summed E-state index contributed by atoms with van der Waals surface area (Å²) in [5.41, 5.74) is 10.3. The van der Waals surface area contributed by atoms with E-state index >= 15 is 0 Å². The van der Waals surface area contributed by atoms with Crippen LogP contribution in [0.5, 0.6) is 0 Å². The first-order chi connectivity index (χ1) is 12.0. The molecule has 11 nitrogen and oxygen atoms in total. The highest BCUT2D eigenvalue weighted by atomic mass is 16.2. The van der Waals surface area contributed by atoms with E-state index in [1.807, 2.05) is 0 Å². The van der Waals surface area contributed by atoms with Crippen molar-refractivity contribution < 1.29 is 14.4 Å². The first kappa shape index (κ1) is 20.8. The van der Waals surface area contributed by atoms with Crippen molar-refractivity contribution in [1.82, 2.24) is 26.2 Å². The van der Waals surface area contributed by atoms with Crippen molar-refractivity contribution in [2.75, 3.05) is 46.3 Å². The predicted octanol–water partition coefficient (Wildman–Crippen LogP) is -3.11. The molecule has 4 amide bonds. The molecule has 142 valence electrons. The molecule has 0 aromatic rings. The molecular formula is C14H28N8O3. The lowest BCUT2D eigenvalue weighted by Crippen LogP contribution is -2.58. The topological polar surface area (TPSA) is 167 Å². The van der Waals surface area contributed by atoms with Crippen LogP contribution in [-0.2, 0) is 9.59 Å². The molecule has 1 aliphatic heterocycles. The van der Waals surface area contributed by atoms with Crippen LogP contribution in [0.4, 0.5) is 4.79 Å². The lowest BCUT2D eigenvalue weighted by Gasteiger charge is -2.29. The Morgan fingerprint density at radius 3 is 2.56 bits per heavy atom. The number of hydrogen-bond donors (Lipinski definition) is 6. The van der Waals surface area contributed by atoms with Crippen LogP contribution in [0.25, 0.3) is 0 Å². The summed E-state index contributed by atoms with van der Waals surface area (Å²) in [6, 6.07) is -1.52. The minimum Gasteiger partial charge on any atom is -0.351 e. The Hall–Kier alpha value is -2.24. The van der Waals surface area contributed by atoms with Gasteiger partial charge in [-0.15, -0.1) is 0 Å². The smallest absolute Gasteiger partial charge is 0.318 e. The number of likely N-dealkylation sites (N-methyl/N-ethyl adjacent to an activating group) is 1. The van der Waals surface area contributed by atoms with Crippen molar-refractivity contribution in [2.24, 2.45) is 16.5 Å². The number of nitrogens with zero attached hydrogens (tertiary/aromatic N) is 2. The molecule has 0 spiro atoms. The van der Waals surface area contributed by atoms with Crippen LogP contribution in [0, 0.1) is 0 Å². The Labute approximate surface area is 146 Å². The Morgan fingerprint density at radius 2 is 1.96 bits per heavy atom. The Morgan fingerprint density at radius 1 is 1.28 bits per heavy atom. The maximum Gasteiger partial charge on any atom is 0.318 e. The van der Waals surface area contributed by atoms with E-state index in [2.05, 4.69) is 26.3 Å². The predicted molar refractivity (Wildman–Crippen MR) is 93.7 cm³/mol. The number of amides is 4. The van der Waals surface area contributed by atoms with E-state index in [1.165, 1.54) is 4.90 Å². The van der Waals surface area contributed by atoms with Crippen molar-refractivity contribution in [1.29, 1.82) is 0 Å². The second kappa shape index (κ2) is 11.3. The number of nitrogens with two attached hydrogens (primary N) is 2. The van der Waals surface area contributed by atoms with Gasteiger partial charge in [0.15, 0.2) is 0 Å². The third-order valence-electron chi connectivity index (χ3n) is 3.61. The van der Waals surface area contributed by atoms with E-state index in [4.69, 9.17) is 11.5 Å². The molecule has 0 radical (unpaired) electrons. The van der Waals surface area contributed by atoms with Crippen LogP contribution in [-0.4, -0.2) is 81.1 Å². The molecule has 0 aromatic carbocycles. The summed E-state index contributed by atoms with van der Waals surface area (Å²) in [5, 5.41) is 11.0. The molecule has 0 saturated carbocycles. The first-order valence-electron chi connectivity index (χ1n) is 8.24. The number of rotatable bonds is 10. The Bertz CT molecular complexity index is 496. The highest BCUT2D eigenvalue weighted by Crippen LogP contribution is 2.04. The summed E-state index contributed by atoms with van der Waals surface area (Å²) in [6.45, 7) is 3.69. The minimum absolute atomic E-state index is 0.000453. The van der Waals surface area contributed by atoms with Gasteiger partial charge in [0.2, 0.25) is 11.9 Å². The number of guanidine groups is 1. The number of hydrogen-bond acceptors (Lipinski definition) is 7. The van der Waals surface area contributed by atoms with Crippen LogP contribution in [0.1, 0.15) is 12.8 Å². The zero-order valence-corrected chi connectivity index (χ0v) is 14.5. The van der Waals surface area contributed by atoms with Crippen LogP contribution in [0.2, 0.25) is 0 Å². The van der Waals surface area contributed by atoms with Gasteiger partial charge in [0.1, 0.15) is 6.04 Å². The molecule has 8 N–H and O–H groups in total. The van der Waals surface area contributed by atoms with Gasteiger partial charge in [0.05, 0.1) is 6.54 Å². The van der Waals surface area contributed by atoms with E-state index in [0.29, 0.717) is 13.1 Å². The van der Waals surface area contributed by atoms with Gasteiger partial charge >= 0.3 is 6.03 Å². The fourth-order valence-electron chi connectivity index (χ4n) is 2.22. The van der Waals surface area contributed by atoms with Gasteiger partial charge in [-0.2, -0.15) is 0 Å². The van der Waals surface area contributed by atoms with Crippen molar-refractivity contribution in [3.63, 3.8) is 0 Å². The third kappa shape index (κ3) is 7.92. The highest BCUT2D eigenvalue weighted by Gasteiger charge is 2.30. The molecule has 0 bridgehead atoms. The van der Waals surface area contributed by atoms with Crippen molar-refractivity contribution >= 4 is 23.8 Å². The normalized spacial score (nSPS) is 16.8. The fraction of sp³-hybridized carbons (Fsp3) is 0.714. The highest BCUT2D eigenvalue weighted by molar-refractivity contribution is 6.07. The number of carbonyl (C=O) groups is 3. The van der Waals surface area contributed by atoms with E-state index in [1.54, 1.807) is 7.05 Å². The van der Waals surface area contributed by atoms with Gasteiger partial charge in [-0.05, 0) is 19.5 Å². The standard InChI is InChI=1S/C14H28N8O3/c1-22(10-9-19-14(20-12(10)24)21-13(16)25)11(23)3-7-17-5-2-6-18-8-4-15/h10,17-18H,2-9,15H2,1H3,(H4,16,19,20,21,24,25). The lowest BCUT2D eigenvalue weighted by molar-refractivity contribution is -0.138. The molecule has 25 heavy (non-hydrogen) atoms. The summed E-state index contributed by atoms with van der Waals surface area (Å²) >= 11 is 0. The quantitative estimate of drug-likeness (QED) is 0.226.